The number of hydrogen-bond donors (Lipinski definition) is 1. The number of hydrogen-bond acceptors (Lipinski definition) is 5. The van der Waals surface area contributed by atoms with E-state index in [0.717, 1.165) is 0 Å². The van der Waals surface area contributed by atoms with Crippen molar-refractivity contribution in [1.82, 2.24) is 4.98 Å². The molecule has 20 heavy (non-hydrogen) atoms. The van der Waals surface area contributed by atoms with Crippen LogP contribution in [0.5, 0.6) is 5.88 Å². The summed E-state index contributed by atoms with van der Waals surface area (Å²) in [6.07, 6.45) is 0. The summed E-state index contributed by atoms with van der Waals surface area (Å²) in [5.41, 5.74) is -0.646. The third-order valence-corrected chi connectivity index (χ3v) is 4.35. The van der Waals surface area contributed by atoms with Gasteiger partial charge in [-0.2, -0.15) is 8.78 Å². The van der Waals surface area contributed by atoms with E-state index in [9.17, 15) is 17.2 Å². The van der Waals surface area contributed by atoms with E-state index in [2.05, 4.69) is 9.72 Å². The highest BCUT2D eigenvalue weighted by atomic mass is 32.2. The Labute approximate surface area is 116 Å². The molecule has 1 heterocycles. The molecule has 0 radical (unpaired) electrons. The van der Waals surface area contributed by atoms with Crippen molar-refractivity contribution in [3.05, 3.63) is 23.9 Å². The number of ether oxygens (including phenoxy) is 1. The molecule has 0 fully saturated rings. The predicted molar refractivity (Wildman–Crippen MR) is 69.2 cm³/mol. The van der Waals surface area contributed by atoms with Crippen molar-refractivity contribution in [3.8, 4) is 5.88 Å². The Morgan fingerprint density at radius 2 is 2.05 bits per heavy atom. The number of halogens is 2. The van der Waals surface area contributed by atoms with E-state index in [0.29, 0.717) is 0 Å². The van der Waals surface area contributed by atoms with Gasteiger partial charge in [0.25, 0.3) is 0 Å². The minimum absolute atomic E-state index is 0.122. The van der Waals surface area contributed by atoms with E-state index in [1.807, 2.05) is 0 Å². The summed E-state index contributed by atoms with van der Waals surface area (Å²) in [5, 5.41) is 9.08. The second kappa shape index (κ2) is 6.45. The van der Waals surface area contributed by atoms with Crippen LogP contribution < -0.4 is 4.74 Å². The van der Waals surface area contributed by atoms with Gasteiger partial charge in [-0.3, -0.25) is 0 Å². The van der Waals surface area contributed by atoms with Crippen LogP contribution in [0.4, 0.5) is 8.78 Å². The van der Waals surface area contributed by atoms with Gasteiger partial charge in [-0.1, -0.05) is 19.9 Å². The summed E-state index contributed by atoms with van der Waals surface area (Å²) < 4.78 is 52.1. The Bertz CT molecular complexity index is 546. The fourth-order valence-corrected chi connectivity index (χ4v) is 3.61. The highest BCUT2D eigenvalue weighted by Crippen LogP contribution is 2.20. The van der Waals surface area contributed by atoms with Crippen molar-refractivity contribution in [2.75, 3.05) is 12.4 Å². The van der Waals surface area contributed by atoms with Gasteiger partial charge in [-0.25, -0.2) is 13.4 Å². The zero-order valence-electron chi connectivity index (χ0n) is 11.2. The van der Waals surface area contributed by atoms with Gasteiger partial charge in [0.2, 0.25) is 5.88 Å². The Balaban J connectivity index is 2.82. The Morgan fingerprint density at radius 3 is 2.60 bits per heavy atom. The highest BCUT2D eigenvalue weighted by molar-refractivity contribution is 7.90. The number of alkyl halides is 2. The largest absolute Gasteiger partial charge is 0.417 e. The quantitative estimate of drug-likeness (QED) is 0.828. The Hall–Kier alpha value is -1.28. The standard InChI is InChI=1S/C12H17F2NO4S/c1-12(2,7-16)8-20(17,18)6-9-4-3-5-10(15-9)19-11(13)14/h3-5,11,16H,6-8H2,1-2H3. The van der Waals surface area contributed by atoms with Gasteiger partial charge in [0, 0.05) is 18.1 Å². The number of aliphatic hydroxyl groups excluding tert-OH is 1. The predicted octanol–water partition coefficient (Wildman–Crippen LogP) is 1.62. The SMILES string of the molecule is CC(C)(CO)CS(=O)(=O)Cc1cccc(OC(F)F)n1. The first kappa shape index (κ1) is 16.8. The summed E-state index contributed by atoms with van der Waals surface area (Å²) >= 11 is 0. The van der Waals surface area contributed by atoms with Crippen LogP contribution in [0.3, 0.4) is 0 Å². The van der Waals surface area contributed by atoms with Crippen LogP contribution in [0, 0.1) is 5.41 Å². The average molecular weight is 309 g/mol. The second-order valence-corrected chi connectivity index (χ2v) is 7.26. The van der Waals surface area contributed by atoms with Crippen LogP contribution in [-0.2, 0) is 15.6 Å². The Kier molecular flexibility index (Phi) is 5.41. The highest BCUT2D eigenvalue weighted by Gasteiger charge is 2.26. The summed E-state index contributed by atoms with van der Waals surface area (Å²) in [6.45, 7) is -0.0424. The third kappa shape index (κ3) is 5.79. The van der Waals surface area contributed by atoms with E-state index in [1.54, 1.807) is 13.8 Å². The Morgan fingerprint density at radius 1 is 1.40 bits per heavy atom. The molecular formula is C12H17F2NO4S. The molecule has 0 saturated carbocycles. The van der Waals surface area contributed by atoms with Crippen molar-refractivity contribution >= 4 is 9.84 Å². The minimum atomic E-state index is -3.52. The molecule has 114 valence electrons. The van der Waals surface area contributed by atoms with Crippen LogP contribution in [-0.4, -0.2) is 37.5 Å². The fraction of sp³-hybridized carbons (Fsp3) is 0.583. The first-order chi connectivity index (χ1) is 9.13. The van der Waals surface area contributed by atoms with Crippen molar-refractivity contribution in [2.45, 2.75) is 26.2 Å². The average Bonchev–Trinajstić information content (AvgIpc) is 2.26. The number of sulfone groups is 1. The molecule has 1 N–H and O–H groups in total. The molecule has 0 aliphatic rings. The zero-order chi connectivity index (χ0) is 15.4. The van der Waals surface area contributed by atoms with Gasteiger partial charge in [0.15, 0.2) is 9.84 Å². The number of pyridine rings is 1. The molecule has 0 unspecified atom stereocenters. The summed E-state index contributed by atoms with van der Waals surface area (Å²) in [7, 11) is -3.52. The summed E-state index contributed by atoms with van der Waals surface area (Å²) in [6, 6.07) is 4.04. The molecule has 0 aliphatic heterocycles. The van der Waals surface area contributed by atoms with Crippen molar-refractivity contribution in [1.29, 1.82) is 0 Å². The zero-order valence-corrected chi connectivity index (χ0v) is 12.0. The third-order valence-electron chi connectivity index (χ3n) is 2.40. The van der Waals surface area contributed by atoms with Gasteiger partial charge in [-0.15, -0.1) is 0 Å². The van der Waals surface area contributed by atoms with Crippen LogP contribution >= 0.6 is 0 Å². The van der Waals surface area contributed by atoms with Gasteiger partial charge in [0.05, 0.1) is 17.2 Å². The van der Waals surface area contributed by atoms with Crippen molar-refractivity contribution in [3.63, 3.8) is 0 Å². The van der Waals surface area contributed by atoms with E-state index in [1.165, 1.54) is 18.2 Å². The molecule has 0 atom stereocenters. The molecule has 0 saturated heterocycles. The van der Waals surface area contributed by atoms with E-state index in [4.69, 9.17) is 5.11 Å². The smallest absolute Gasteiger partial charge is 0.388 e. The lowest BCUT2D eigenvalue weighted by Crippen LogP contribution is -2.28. The van der Waals surface area contributed by atoms with Gasteiger partial charge < -0.3 is 9.84 Å². The second-order valence-electron chi connectivity index (χ2n) is 5.20. The summed E-state index contributed by atoms with van der Waals surface area (Å²) in [4.78, 5) is 3.71. The van der Waals surface area contributed by atoms with E-state index in [-0.39, 0.29) is 23.9 Å². The fourth-order valence-electron chi connectivity index (χ4n) is 1.61. The van der Waals surface area contributed by atoms with Crippen LogP contribution in [0.15, 0.2) is 18.2 Å². The molecule has 1 aromatic heterocycles. The lowest BCUT2D eigenvalue weighted by Gasteiger charge is -2.21. The number of rotatable bonds is 7. The first-order valence-corrected chi connectivity index (χ1v) is 7.68. The van der Waals surface area contributed by atoms with Crippen LogP contribution in [0.25, 0.3) is 0 Å². The molecule has 0 aliphatic carbocycles. The minimum Gasteiger partial charge on any atom is -0.417 e. The molecule has 5 nitrogen and oxygen atoms in total. The molecule has 1 rings (SSSR count). The number of aliphatic hydroxyl groups is 1. The lowest BCUT2D eigenvalue weighted by atomic mass is 9.98. The summed E-state index contributed by atoms with van der Waals surface area (Å²) in [5.74, 6) is -0.941. The number of aromatic nitrogens is 1. The number of nitrogens with zero attached hydrogens (tertiary/aromatic N) is 1. The maximum atomic E-state index is 12.1. The lowest BCUT2D eigenvalue weighted by molar-refractivity contribution is -0.0529. The van der Waals surface area contributed by atoms with Crippen LogP contribution in [0.2, 0.25) is 0 Å². The first-order valence-electron chi connectivity index (χ1n) is 5.86. The molecule has 0 aromatic carbocycles. The van der Waals surface area contributed by atoms with Gasteiger partial charge in [0.1, 0.15) is 0 Å². The van der Waals surface area contributed by atoms with Crippen LogP contribution in [0.1, 0.15) is 19.5 Å². The molecule has 0 bridgehead atoms. The maximum Gasteiger partial charge on any atom is 0.388 e. The topological polar surface area (TPSA) is 76.5 Å². The maximum absolute atomic E-state index is 12.1. The monoisotopic (exact) mass is 309 g/mol. The molecule has 0 amide bonds. The molecular weight excluding hydrogens is 292 g/mol. The van der Waals surface area contributed by atoms with Crippen molar-refractivity contribution < 1.29 is 27.0 Å². The van der Waals surface area contributed by atoms with Crippen molar-refractivity contribution in [2.24, 2.45) is 5.41 Å². The molecule has 8 heteroatoms. The van der Waals surface area contributed by atoms with E-state index >= 15 is 0 Å². The molecule has 0 spiro atoms. The van der Waals surface area contributed by atoms with Gasteiger partial charge in [-0.05, 0) is 6.07 Å². The van der Waals surface area contributed by atoms with E-state index < -0.39 is 27.6 Å². The molecule has 1 aromatic rings. The normalized spacial score (nSPS) is 12.7. The van der Waals surface area contributed by atoms with Gasteiger partial charge >= 0.3 is 6.61 Å².